The van der Waals surface area contributed by atoms with Crippen LogP contribution in [0.15, 0.2) is 24.1 Å². The van der Waals surface area contributed by atoms with Gasteiger partial charge in [0.2, 0.25) is 0 Å². The van der Waals surface area contributed by atoms with Gasteiger partial charge in [-0.1, -0.05) is 4.49 Å². The maximum Gasteiger partial charge on any atom is 0.546 e. The molecule has 5 nitrogen and oxygen atoms in total. The second-order valence-corrected chi connectivity index (χ2v) is 2.19. The molecule has 10 heavy (non-hydrogen) atoms. The number of aromatic nitrogens is 2. The molecule has 0 fully saturated rings. The first-order valence-electron chi connectivity index (χ1n) is 2.16. The lowest BCUT2D eigenvalue weighted by molar-refractivity contribution is 0.358. The van der Waals surface area contributed by atoms with Gasteiger partial charge in [-0.3, -0.25) is 7.70 Å². The van der Waals surface area contributed by atoms with Crippen molar-refractivity contribution in [2.45, 2.75) is 0 Å². The average Bonchev–Trinajstić information content (AvgIpc) is 2.38. The van der Waals surface area contributed by atoms with Crippen molar-refractivity contribution >= 4 is 23.5 Å². The zero-order chi connectivity index (χ0) is 7.23. The normalized spacial score (nSPS) is 8.40. The Balaban J connectivity index is 0.0000001000. The van der Waals surface area contributed by atoms with Crippen LogP contribution in [0.1, 0.15) is 0 Å². The molecule has 0 aliphatic rings. The maximum absolute atomic E-state index is 9.43. The van der Waals surface area contributed by atoms with Crippen molar-refractivity contribution in [3.63, 3.8) is 0 Å². The third kappa shape index (κ3) is 2.55. The highest BCUT2D eigenvalue weighted by atomic mass is 32.2. The van der Waals surface area contributed by atoms with Crippen LogP contribution in [-0.2, 0) is 0 Å². The summed E-state index contributed by atoms with van der Waals surface area (Å²) in [6, 6.07) is 0. The lowest BCUT2D eigenvalue weighted by Gasteiger charge is -1.69. The predicted molar refractivity (Wildman–Crippen MR) is 35.0 cm³/mol. The summed E-state index contributed by atoms with van der Waals surface area (Å²) < 4.78 is 11.5. The first-order valence-corrected chi connectivity index (χ1v) is 3.66. The van der Waals surface area contributed by atoms with E-state index >= 15 is 0 Å². The molecular formula is C3H2N2O3S2. The minimum absolute atomic E-state index is 0.602. The fourth-order valence-electron chi connectivity index (χ4n) is 0.198. The molecule has 0 spiro atoms. The lowest BCUT2D eigenvalue weighted by Crippen LogP contribution is -1.92. The van der Waals surface area contributed by atoms with Crippen molar-refractivity contribution in [3.8, 4) is 0 Å². The van der Waals surface area contributed by atoms with Crippen molar-refractivity contribution < 1.29 is 7.70 Å². The van der Waals surface area contributed by atoms with Gasteiger partial charge < -0.3 is 0 Å². The molecule has 2 heterocycles. The van der Waals surface area contributed by atoms with Crippen LogP contribution in [0.4, 0.5) is 0 Å². The van der Waals surface area contributed by atoms with Gasteiger partial charge >= 0.3 is 5.82 Å². The van der Waals surface area contributed by atoms with E-state index in [1.165, 1.54) is 11.5 Å². The van der Waals surface area contributed by atoms with Crippen molar-refractivity contribution in [2.24, 2.45) is 0 Å². The van der Waals surface area contributed by atoms with E-state index in [0.717, 1.165) is 0 Å². The number of rotatable bonds is 0. The van der Waals surface area contributed by atoms with Gasteiger partial charge in [0.05, 0.1) is 6.20 Å². The molecule has 0 bridgehead atoms. The predicted octanol–water partition coefficient (Wildman–Crippen LogP) is 0.832. The largest absolute Gasteiger partial charge is 0.546 e. The highest BCUT2D eigenvalue weighted by Gasteiger charge is 1.83. The summed E-state index contributed by atoms with van der Waals surface area (Å²) in [6.07, 6.45) is 1.66. The Kier molecular flexibility index (Phi) is 2.84. The van der Waals surface area contributed by atoms with Gasteiger partial charge in [0.15, 0.2) is 0 Å². The van der Waals surface area contributed by atoms with E-state index < -0.39 is 5.82 Å². The highest BCUT2D eigenvalue weighted by molar-refractivity contribution is 7.03. The highest BCUT2D eigenvalue weighted by Crippen LogP contribution is 1.83. The quantitative estimate of drug-likeness (QED) is 0.597. The summed E-state index contributed by atoms with van der Waals surface area (Å²) in [4.78, 5) is 9.43. The Morgan fingerprint density at radius 1 is 1.50 bits per heavy atom. The summed E-state index contributed by atoms with van der Waals surface area (Å²) >= 11 is 2.05. The first-order chi connectivity index (χ1) is 4.89. The minimum atomic E-state index is -0.602. The zero-order valence-corrected chi connectivity index (χ0v) is 6.22. The monoisotopic (exact) mass is 178 g/mol. The van der Waals surface area contributed by atoms with Gasteiger partial charge in [0.25, 0.3) is 11.9 Å². The summed E-state index contributed by atoms with van der Waals surface area (Å²) in [7, 11) is 0. The summed E-state index contributed by atoms with van der Waals surface area (Å²) in [6.45, 7) is 0. The van der Waals surface area contributed by atoms with Crippen molar-refractivity contribution in [3.05, 3.63) is 22.2 Å². The van der Waals surface area contributed by atoms with E-state index in [1.807, 2.05) is 5.38 Å². The summed E-state index contributed by atoms with van der Waals surface area (Å²) in [5.41, 5.74) is 0. The molecule has 7 heteroatoms. The molecule has 0 amide bonds. The van der Waals surface area contributed by atoms with Crippen LogP contribution in [0.3, 0.4) is 0 Å². The SMILES string of the molecule is O=c1oso1.c1csnn1. The van der Waals surface area contributed by atoms with Crippen LogP contribution in [0.25, 0.3) is 0 Å². The van der Waals surface area contributed by atoms with Gasteiger partial charge in [-0.15, -0.1) is 5.10 Å². The van der Waals surface area contributed by atoms with Gasteiger partial charge in [-0.25, -0.2) is 4.79 Å². The fraction of sp³-hybridized carbons (Fsp3) is 0. The molecule has 0 aliphatic carbocycles. The molecule has 2 rings (SSSR count). The van der Waals surface area contributed by atoms with Crippen molar-refractivity contribution in [2.75, 3.05) is 0 Å². The third-order valence-corrected chi connectivity index (χ3v) is 1.33. The van der Waals surface area contributed by atoms with E-state index in [1.54, 1.807) is 6.20 Å². The Morgan fingerprint density at radius 3 is 2.30 bits per heavy atom. The Morgan fingerprint density at radius 2 is 2.20 bits per heavy atom. The molecule has 0 unspecified atom stereocenters. The standard InChI is InChI=1S/C2H2N2S.CO3S/c1-2-5-4-3-1;2-1-3-5-4-1/h1-2H;. The summed E-state index contributed by atoms with van der Waals surface area (Å²) in [5.74, 6) is -0.602. The van der Waals surface area contributed by atoms with Crippen LogP contribution in [-0.4, -0.2) is 9.59 Å². The van der Waals surface area contributed by atoms with E-state index in [4.69, 9.17) is 0 Å². The number of hydrogen-bond donors (Lipinski definition) is 0. The first kappa shape index (κ1) is 7.16. The van der Waals surface area contributed by atoms with Gasteiger partial charge in [0.1, 0.15) is 0 Å². The molecule has 0 saturated carbocycles. The second kappa shape index (κ2) is 3.96. The fourth-order valence-corrected chi connectivity index (χ4v) is 0.594. The molecule has 54 valence electrons. The molecule has 0 aliphatic heterocycles. The number of nitrogens with zero attached hydrogens (tertiary/aromatic N) is 2. The van der Waals surface area contributed by atoms with Gasteiger partial charge in [0, 0.05) is 5.38 Å². The van der Waals surface area contributed by atoms with Gasteiger partial charge in [-0.05, 0) is 11.5 Å². The second-order valence-electron chi connectivity index (χ2n) is 1.07. The number of hydrogen-bond acceptors (Lipinski definition) is 7. The Bertz CT molecular complexity index is 251. The lowest BCUT2D eigenvalue weighted by atomic mass is 11.1. The smallest absolute Gasteiger partial charge is 0.299 e. The molecule has 0 radical (unpaired) electrons. The Labute approximate surface area is 63.5 Å². The average molecular weight is 178 g/mol. The topological polar surface area (TPSA) is 69.1 Å². The van der Waals surface area contributed by atoms with Crippen molar-refractivity contribution in [1.82, 2.24) is 9.59 Å². The molecule has 2 aromatic rings. The van der Waals surface area contributed by atoms with Crippen LogP contribution in [0, 0.1) is 0 Å². The molecule has 2 aromatic heterocycles. The van der Waals surface area contributed by atoms with E-state index in [-0.39, 0.29) is 0 Å². The van der Waals surface area contributed by atoms with Gasteiger partial charge in [-0.2, -0.15) is 0 Å². The van der Waals surface area contributed by atoms with E-state index in [2.05, 4.69) is 17.3 Å². The molecule has 0 aromatic carbocycles. The van der Waals surface area contributed by atoms with E-state index in [0.29, 0.717) is 11.9 Å². The molecule has 0 N–H and O–H groups in total. The van der Waals surface area contributed by atoms with E-state index in [9.17, 15) is 4.79 Å². The molecule has 0 atom stereocenters. The summed E-state index contributed by atoms with van der Waals surface area (Å²) in [5, 5.41) is 5.31. The van der Waals surface area contributed by atoms with Crippen LogP contribution in [0.2, 0.25) is 0 Å². The minimum Gasteiger partial charge on any atom is -0.299 e. The van der Waals surface area contributed by atoms with Crippen LogP contribution in [0.5, 0.6) is 0 Å². The molecule has 0 saturated heterocycles. The zero-order valence-electron chi connectivity index (χ0n) is 4.59. The van der Waals surface area contributed by atoms with Crippen LogP contribution < -0.4 is 5.82 Å². The maximum atomic E-state index is 9.43. The molecular weight excluding hydrogens is 176 g/mol. The van der Waals surface area contributed by atoms with Crippen LogP contribution >= 0.6 is 23.5 Å². The third-order valence-electron chi connectivity index (χ3n) is 0.487. The Hall–Kier alpha value is -0.950. The van der Waals surface area contributed by atoms with Crippen molar-refractivity contribution in [1.29, 1.82) is 0 Å².